The van der Waals surface area contributed by atoms with E-state index in [-0.39, 0.29) is 11.9 Å². The Morgan fingerprint density at radius 2 is 2.07 bits per heavy atom. The molecule has 2 N–H and O–H groups in total. The summed E-state index contributed by atoms with van der Waals surface area (Å²) in [6, 6.07) is 15.5. The van der Waals surface area contributed by atoms with Crippen molar-refractivity contribution >= 4 is 17.6 Å². The van der Waals surface area contributed by atoms with Gasteiger partial charge in [-0.3, -0.25) is 4.79 Å². The summed E-state index contributed by atoms with van der Waals surface area (Å²) in [5.74, 6) is 0.681. The van der Waals surface area contributed by atoms with Crippen molar-refractivity contribution in [3.8, 4) is 5.75 Å². The highest BCUT2D eigenvalue weighted by molar-refractivity contribution is 6.07. The maximum absolute atomic E-state index is 12.7. The zero-order chi connectivity index (χ0) is 18.9. The van der Waals surface area contributed by atoms with Gasteiger partial charge in [0.15, 0.2) is 0 Å². The van der Waals surface area contributed by atoms with Crippen LogP contribution in [0.4, 0.5) is 10.5 Å². The topological polar surface area (TPSA) is 70.7 Å². The standard InChI is InChI=1S/C21H23N3O3/c1-27-16-7-8-18-17(13-16)21(19(25)23-18)10-12-24(14-21)20(26)22-11-9-15-5-3-2-4-6-15/h2-8,13H,9-12,14H2,1H3,(H,22,26)(H,23,25)/t21-/m1/s1. The fraction of sp³-hybridized carbons (Fsp3) is 0.333. The molecule has 0 saturated carbocycles. The number of urea groups is 1. The van der Waals surface area contributed by atoms with Gasteiger partial charge in [0, 0.05) is 25.3 Å². The molecule has 0 aromatic heterocycles. The molecule has 2 aromatic carbocycles. The minimum Gasteiger partial charge on any atom is -0.497 e. The number of fused-ring (bicyclic) bond motifs is 2. The predicted octanol–water partition coefficient (Wildman–Crippen LogP) is 2.54. The largest absolute Gasteiger partial charge is 0.497 e. The number of nitrogens with zero attached hydrogens (tertiary/aromatic N) is 1. The Bertz CT molecular complexity index is 868. The lowest BCUT2D eigenvalue weighted by atomic mass is 9.81. The number of amides is 3. The van der Waals surface area contributed by atoms with Crippen molar-refractivity contribution in [2.45, 2.75) is 18.3 Å². The molecule has 2 aliphatic rings. The van der Waals surface area contributed by atoms with Crippen LogP contribution < -0.4 is 15.4 Å². The summed E-state index contributed by atoms with van der Waals surface area (Å²) in [4.78, 5) is 27.0. The number of carbonyl (C=O) groups excluding carboxylic acids is 2. The minimum absolute atomic E-state index is 0.0367. The monoisotopic (exact) mass is 365 g/mol. The van der Waals surface area contributed by atoms with Crippen LogP contribution in [0.15, 0.2) is 48.5 Å². The molecule has 1 fully saturated rings. The van der Waals surface area contributed by atoms with Crippen molar-refractivity contribution in [3.63, 3.8) is 0 Å². The quantitative estimate of drug-likeness (QED) is 0.875. The molecule has 0 aliphatic carbocycles. The molecule has 6 heteroatoms. The molecule has 2 heterocycles. The predicted molar refractivity (Wildman–Crippen MR) is 103 cm³/mol. The van der Waals surface area contributed by atoms with E-state index in [0.29, 0.717) is 26.1 Å². The van der Waals surface area contributed by atoms with Gasteiger partial charge in [-0.15, -0.1) is 0 Å². The van der Waals surface area contributed by atoms with E-state index in [1.165, 1.54) is 5.56 Å². The number of anilines is 1. The molecule has 2 aromatic rings. The van der Waals surface area contributed by atoms with E-state index in [2.05, 4.69) is 10.6 Å². The number of nitrogens with one attached hydrogen (secondary N) is 2. The summed E-state index contributed by atoms with van der Waals surface area (Å²) < 4.78 is 5.31. The number of likely N-dealkylation sites (tertiary alicyclic amines) is 1. The van der Waals surface area contributed by atoms with Gasteiger partial charge in [0.1, 0.15) is 5.75 Å². The third kappa shape index (κ3) is 3.12. The van der Waals surface area contributed by atoms with Crippen molar-refractivity contribution in [1.29, 1.82) is 0 Å². The maximum Gasteiger partial charge on any atom is 0.317 e. The van der Waals surface area contributed by atoms with E-state index in [4.69, 9.17) is 4.74 Å². The second-order valence-corrected chi connectivity index (χ2v) is 7.09. The van der Waals surface area contributed by atoms with Gasteiger partial charge in [-0.05, 0) is 42.2 Å². The Morgan fingerprint density at radius 1 is 1.26 bits per heavy atom. The van der Waals surface area contributed by atoms with Gasteiger partial charge in [-0.1, -0.05) is 30.3 Å². The van der Waals surface area contributed by atoms with Crippen LogP contribution in [0.25, 0.3) is 0 Å². The SMILES string of the molecule is COc1ccc2c(c1)[C@]1(CCN(C(=O)NCCc3ccccc3)C1)C(=O)N2. The van der Waals surface area contributed by atoms with Gasteiger partial charge in [-0.2, -0.15) is 0 Å². The lowest BCUT2D eigenvalue weighted by Crippen LogP contribution is -2.43. The van der Waals surface area contributed by atoms with Crippen LogP contribution in [-0.2, 0) is 16.6 Å². The molecule has 1 saturated heterocycles. The van der Waals surface area contributed by atoms with Crippen LogP contribution in [0.1, 0.15) is 17.5 Å². The fourth-order valence-electron chi connectivity index (χ4n) is 3.98. The lowest BCUT2D eigenvalue weighted by Gasteiger charge is -2.23. The minimum atomic E-state index is -0.680. The van der Waals surface area contributed by atoms with E-state index >= 15 is 0 Å². The zero-order valence-corrected chi connectivity index (χ0v) is 15.3. The fourth-order valence-corrected chi connectivity index (χ4v) is 3.98. The summed E-state index contributed by atoms with van der Waals surface area (Å²) in [5.41, 5.74) is 2.24. The second kappa shape index (κ2) is 6.95. The Kier molecular flexibility index (Phi) is 4.48. The second-order valence-electron chi connectivity index (χ2n) is 7.09. The molecule has 3 amide bonds. The average molecular weight is 365 g/mol. The summed E-state index contributed by atoms with van der Waals surface area (Å²) in [6.07, 6.45) is 1.40. The molecule has 6 nitrogen and oxygen atoms in total. The van der Waals surface area contributed by atoms with E-state index in [0.717, 1.165) is 23.4 Å². The number of methoxy groups -OCH3 is 1. The Morgan fingerprint density at radius 3 is 2.85 bits per heavy atom. The van der Waals surface area contributed by atoms with Crippen LogP contribution in [0.2, 0.25) is 0 Å². The van der Waals surface area contributed by atoms with Crippen LogP contribution in [0.5, 0.6) is 5.75 Å². The molecular formula is C21H23N3O3. The molecule has 1 spiro atoms. The van der Waals surface area contributed by atoms with Crippen LogP contribution in [0, 0.1) is 0 Å². The van der Waals surface area contributed by atoms with Crippen LogP contribution in [0.3, 0.4) is 0 Å². The highest BCUT2D eigenvalue weighted by Gasteiger charge is 2.52. The summed E-state index contributed by atoms with van der Waals surface area (Å²) >= 11 is 0. The number of hydrogen-bond acceptors (Lipinski definition) is 3. The average Bonchev–Trinajstić information content (AvgIpc) is 3.26. The highest BCUT2D eigenvalue weighted by Crippen LogP contribution is 2.45. The van der Waals surface area contributed by atoms with Gasteiger partial charge in [-0.25, -0.2) is 4.79 Å². The zero-order valence-electron chi connectivity index (χ0n) is 15.3. The van der Waals surface area contributed by atoms with Gasteiger partial charge < -0.3 is 20.3 Å². The Balaban J connectivity index is 1.42. The maximum atomic E-state index is 12.7. The van der Waals surface area contributed by atoms with Crippen molar-refractivity contribution in [2.75, 3.05) is 32.1 Å². The van der Waals surface area contributed by atoms with E-state index in [1.807, 2.05) is 48.5 Å². The van der Waals surface area contributed by atoms with Crippen LogP contribution >= 0.6 is 0 Å². The smallest absolute Gasteiger partial charge is 0.317 e. The van der Waals surface area contributed by atoms with Crippen molar-refractivity contribution in [2.24, 2.45) is 0 Å². The van der Waals surface area contributed by atoms with Crippen LogP contribution in [-0.4, -0.2) is 43.6 Å². The summed E-state index contributed by atoms with van der Waals surface area (Å²) in [5, 5.41) is 5.92. The molecule has 0 unspecified atom stereocenters. The number of carbonyl (C=O) groups is 2. The molecule has 140 valence electrons. The molecule has 27 heavy (non-hydrogen) atoms. The number of hydrogen-bond donors (Lipinski definition) is 2. The van der Waals surface area contributed by atoms with Gasteiger partial charge >= 0.3 is 6.03 Å². The first-order valence-electron chi connectivity index (χ1n) is 9.19. The molecule has 1 atom stereocenters. The van der Waals surface area contributed by atoms with Crippen molar-refractivity contribution in [1.82, 2.24) is 10.2 Å². The highest BCUT2D eigenvalue weighted by atomic mass is 16.5. The first-order valence-corrected chi connectivity index (χ1v) is 9.19. The molecule has 0 bridgehead atoms. The first-order chi connectivity index (χ1) is 13.1. The third-order valence-corrected chi connectivity index (χ3v) is 5.51. The van der Waals surface area contributed by atoms with E-state index < -0.39 is 5.41 Å². The summed E-state index contributed by atoms with van der Waals surface area (Å²) in [6.45, 7) is 1.51. The van der Waals surface area contributed by atoms with Gasteiger partial charge in [0.25, 0.3) is 0 Å². The molecule has 2 aliphatic heterocycles. The number of rotatable bonds is 4. The molecular weight excluding hydrogens is 342 g/mol. The normalized spacial score (nSPS) is 20.5. The lowest BCUT2D eigenvalue weighted by molar-refractivity contribution is -0.120. The first kappa shape index (κ1) is 17.4. The molecule has 4 rings (SSSR count). The molecule has 0 radical (unpaired) electrons. The van der Waals surface area contributed by atoms with Gasteiger partial charge in [0.2, 0.25) is 5.91 Å². The Labute approximate surface area is 158 Å². The van der Waals surface area contributed by atoms with Crippen molar-refractivity contribution < 1.29 is 14.3 Å². The number of ether oxygens (including phenoxy) is 1. The number of benzene rings is 2. The van der Waals surface area contributed by atoms with Crippen molar-refractivity contribution in [3.05, 3.63) is 59.7 Å². The van der Waals surface area contributed by atoms with Gasteiger partial charge in [0.05, 0.1) is 12.5 Å². The summed E-state index contributed by atoms with van der Waals surface area (Å²) in [7, 11) is 1.61. The Hall–Kier alpha value is -3.02. The van der Waals surface area contributed by atoms with E-state index in [9.17, 15) is 9.59 Å². The van der Waals surface area contributed by atoms with E-state index in [1.54, 1.807) is 12.0 Å². The third-order valence-electron chi connectivity index (χ3n) is 5.51.